The first-order valence-electron chi connectivity index (χ1n) is 8.17. The summed E-state index contributed by atoms with van der Waals surface area (Å²) in [5.74, 6) is 0.463. The second kappa shape index (κ2) is 8.20. The van der Waals surface area contributed by atoms with E-state index in [1.54, 1.807) is 30.0 Å². The number of fused-ring (bicyclic) bond motifs is 1. The van der Waals surface area contributed by atoms with Crippen LogP contribution < -0.4 is 10.6 Å². The Morgan fingerprint density at radius 3 is 3.00 bits per heavy atom. The van der Waals surface area contributed by atoms with Gasteiger partial charge in [0.2, 0.25) is 5.91 Å². The average molecular weight is 362 g/mol. The number of carbonyl (C=O) groups is 2. The Bertz CT molecular complexity index is 749. The van der Waals surface area contributed by atoms with Gasteiger partial charge in [0.15, 0.2) is 5.76 Å². The fourth-order valence-electron chi connectivity index (χ4n) is 2.73. The van der Waals surface area contributed by atoms with E-state index in [-0.39, 0.29) is 29.4 Å². The quantitative estimate of drug-likeness (QED) is 0.774. The molecular formula is C18H19FN2O3S. The molecule has 1 aliphatic rings. The molecule has 2 N–H and O–H groups in total. The maximum atomic E-state index is 13.5. The van der Waals surface area contributed by atoms with Gasteiger partial charge < -0.3 is 15.1 Å². The smallest absolute Gasteiger partial charge is 0.286 e. The van der Waals surface area contributed by atoms with Crippen molar-refractivity contribution in [1.82, 2.24) is 10.6 Å². The molecule has 0 spiro atoms. The number of amides is 2. The summed E-state index contributed by atoms with van der Waals surface area (Å²) in [4.78, 5) is 24.8. The predicted octanol–water partition coefficient (Wildman–Crippen LogP) is 3.28. The largest absolute Gasteiger partial charge is 0.459 e. The summed E-state index contributed by atoms with van der Waals surface area (Å²) in [7, 11) is 0. The Morgan fingerprint density at radius 1 is 1.32 bits per heavy atom. The second-order valence-corrected chi connectivity index (χ2v) is 6.91. The van der Waals surface area contributed by atoms with E-state index in [9.17, 15) is 14.0 Å². The molecule has 0 radical (unpaired) electrons. The Kier molecular flexibility index (Phi) is 5.75. The molecule has 1 unspecified atom stereocenters. The fraction of sp³-hybridized carbons (Fsp3) is 0.333. The van der Waals surface area contributed by atoms with E-state index in [1.807, 2.05) is 0 Å². The number of benzene rings is 1. The van der Waals surface area contributed by atoms with Crippen molar-refractivity contribution < 1.29 is 18.4 Å². The van der Waals surface area contributed by atoms with Crippen LogP contribution in [0.2, 0.25) is 0 Å². The minimum Gasteiger partial charge on any atom is -0.459 e. The van der Waals surface area contributed by atoms with Crippen LogP contribution in [0.15, 0.2) is 45.9 Å². The molecule has 0 fully saturated rings. The van der Waals surface area contributed by atoms with Crippen LogP contribution in [0.4, 0.5) is 4.39 Å². The van der Waals surface area contributed by atoms with Crippen LogP contribution in [0.3, 0.4) is 0 Å². The molecule has 2 amide bonds. The van der Waals surface area contributed by atoms with Crippen molar-refractivity contribution in [1.29, 1.82) is 0 Å². The number of furan rings is 1. The Labute approximate surface area is 149 Å². The zero-order valence-corrected chi connectivity index (χ0v) is 14.4. The predicted molar refractivity (Wildman–Crippen MR) is 92.9 cm³/mol. The lowest BCUT2D eigenvalue weighted by Crippen LogP contribution is -2.31. The fourth-order valence-corrected chi connectivity index (χ4v) is 3.83. The topological polar surface area (TPSA) is 71.3 Å². The van der Waals surface area contributed by atoms with Gasteiger partial charge in [0, 0.05) is 23.6 Å². The summed E-state index contributed by atoms with van der Waals surface area (Å²) < 4.78 is 18.5. The zero-order chi connectivity index (χ0) is 17.6. The van der Waals surface area contributed by atoms with Gasteiger partial charge in [0.05, 0.1) is 12.3 Å². The molecule has 2 aromatic rings. The maximum Gasteiger partial charge on any atom is 0.286 e. The highest BCUT2D eigenvalue weighted by atomic mass is 32.2. The molecule has 0 saturated carbocycles. The van der Waals surface area contributed by atoms with Crippen molar-refractivity contribution in [3.63, 3.8) is 0 Å². The van der Waals surface area contributed by atoms with Gasteiger partial charge in [-0.15, -0.1) is 11.8 Å². The van der Waals surface area contributed by atoms with E-state index >= 15 is 0 Å². The van der Waals surface area contributed by atoms with Crippen molar-refractivity contribution in [2.45, 2.75) is 30.2 Å². The van der Waals surface area contributed by atoms with E-state index in [0.29, 0.717) is 19.4 Å². The third kappa shape index (κ3) is 4.63. The van der Waals surface area contributed by atoms with Crippen LogP contribution in [-0.2, 0) is 4.79 Å². The van der Waals surface area contributed by atoms with Gasteiger partial charge in [-0.25, -0.2) is 4.39 Å². The highest BCUT2D eigenvalue weighted by Crippen LogP contribution is 2.36. The van der Waals surface area contributed by atoms with E-state index < -0.39 is 0 Å². The Hall–Kier alpha value is -2.28. The normalized spacial score (nSPS) is 16.1. The van der Waals surface area contributed by atoms with E-state index in [2.05, 4.69) is 10.6 Å². The van der Waals surface area contributed by atoms with Crippen LogP contribution in [0.25, 0.3) is 0 Å². The average Bonchev–Trinajstić information content (AvgIpc) is 3.14. The Balaban J connectivity index is 1.44. The lowest BCUT2D eigenvalue weighted by molar-refractivity contribution is -0.122. The lowest BCUT2D eigenvalue weighted by Gasteiger charge is -2.26. The monoisotopic (exact) mass is 362 g/mol. The first-order valence-corrected chi connectivity index (χ1v) is 9.15. The summed E-state index contributed by atoms with van der Waals surface area (Å²) in [6, 6.07) is 7.77. The van der Waals surface area contributed by atoms with Crippen molar-refractivity contribution in [3.8, 4) is 0 Å². The van der Waals surface area contributed by atoms with Crippen LogP contribution in [0.1, 0.15) is 41.4 Å². The highest BCUT2D eigenvalue weighted by molar-refractivity contribution is 7.99. The van der Waals surface area contributed by atoms with Crippen LogP contribution >= 0.6 is 11.8 Å². The summed E-state index contributed by atoms with van der Waals surface area (Å²) in [5.41, 5.74) is 0.843. The molecule has 0 bridgehead atoms. The number of thioether (sulfide) groups is 1. The number of hydrogen-bond acceptors (Lipinski definition) is 4. The van der Waals surface area contributed by atoms with E-state index in [4.69, 9.17) is 4.42 Å². The van der Waals surface area contributed by atoms with Gasteiger partial charge in [0.1, 0.15) is 5.82 Å². The van der Waals surface area contributed by atoms with Crippen molar-refractivity contribution >= 4 is 23.6 Å². The molecule has 1 aromatic carbocycles. The molecule has 1 aliphatic heterocycles. The molecule has 3 rings (SSSR count). The third-order valence-electron chi connectivity index (χ3n) is 3.96. The summed E-state index contributed by atoms with van der Waals surface area (Å²) >= 11 is 1.68. The summed E-state index contributed by atoms with van der Waals surface area (Å²) in [6.07, 6.45) is 3.04. The summed E-state index contributed by atoms with van der Waals surface area (Å²) in [6.45, 7) is 0.388. The Morgan fingerprint density at radius 2 is 2.20 bits per heavy atom. The molecular weight excluding hydrogens is 343 g/mol. The van der Waals surface area contributed by atoms with Gasteiger partial charge in [0.25, 0.3) is 5.91 Å². The minimum atomic E-state index is -0.292. The van der Waals surface area contributed by atoms with Crippen LogP contribution in [0.5, 0.6) is 0 Å². The van der Waals surface area contributed by atoms with Gasteiger partial charge in [-0.05, 0) is 48.7 Å². The first kappa shape index (κ1) is 17.5. The van der Waals surface area contributed by atoms with Gasteiger partial charge in [-0.2, -0.15) is 0 Å². The molecule has 1 aromatic heterocycles. The maximum absolute atomic E-state index is 13.5. The molecule has 2 heterocycles. The molecule has 25 heavy (non-hydrogen) atoms. The van der Waals surface area contributed by atoms with Gasteiger partial charge >= 0.3 is 0 Å². The number of carbonyl (C=O) groups excluding carboxylic acids is 2. The molecule has 0 saturated heterocycles. The van der Waals surface area contributed by atoms with Crippen molar-refractivity contribution in [3.05, 3.63) is 53.7 Å². The van der Waals surface area contributed by atoms with Gasteiger partial charge in [-0.1, -0.05) is 0 Å². The first-order chi connectivity index (χ1) is 12.1. The lowest BCUT2D eigenvalue weighted by atomic mass is 10.0. The van der Waals surface area contributed by atoms with E-state index in [1.165, 1.54) is 18.4 Å². The summed E-state index contributed by atoms with van der Waals surface area (Å²) in [5, 5.41) is 5.67. The van der Waals surface area contributed by atoms with Crippen molar-refractivity contribution in [2.75, 3.05) is 12.3 Å². The molecule has 1 atom stereocenters. The highest BCUT2D eigenvalue weighted by Gasteiger charge is 2.22. The van der Waals surface area contributed by atoms with Gasteiger partial charge in [-0.3, -0.25) is 9.59 Å². The van der Waals surface area contributed by atoms with Crippen molar-refractivity contribution in [2.24, 2.45) is 0 Å². The number of halogens is 1. The molecule has 7 heteroatoms. The minimum absolute atomic E-state index is 0.0978. The third-order valence-corrected chi connectivity index (χ3v) is 5.08. The molecule has 5 nitrogen and oxygen atoms in total. The SMILES string of the molecule is O=C(CCCNC(=O)c1ccco1)NC1CCSc2ccc(F)cc21. The van der Waals surface area contributed by atoms with E-state index in [0.717, 1.165) is 22.6 Å². The second-order valence-electron chi connectivity index (χ2n) is 5.78. The number of hydrogen-bond donors (Lipinski definition) is 2. The molecule has 132 valence electrons. The standard InChI is InChI=1S/C18H19FN2O3S/c19-12-5-6-16-13(11-12)14(7-10-25-16)21-17(22)4-1-8-20-18(23)15-3-2-9-24-15/h2-3,5-6,9,11,14H,1,4,7-8,10H2,(H,20,23)(H,21,22). The molecule has 0 aliphatic carbocycles. The van der Waals surface area contributed by atoms with Crippen LogP contribution in [0, 0.1) is 5.82 Å². The zero-order valence-electron chi connectivity index (χ0n) is 13.6. The number of nitrogens with one attached hydrogen (secondary N) is 2. The van der Waals surface area contributed by atoms with Crippen LogP contribution in [-0.4, -0.2) is 24.1 Å². The number of rotatable bonds is 6.